The van der Waals surface area contributed by atoms with Crippen LogP contribution in [0.3, 0.4) is 0 Å². The van der Waals surface area contributed by atoms with Gasteiger partial charge in [0.25, 0.3) is 5.91 Å². The first-order chi connectivity index (χ1) is 12.3. The van der Waals surface area contributed by atoms with Crippen molar-refractivity contribution in [2.24, 2.45) is 5.73 Å². The molecule has 0 spiro atoms. The van der Waals surface area contributed by atoms with Gasteiger partial charge in [-0.3, -0.25) is 9.59 Å². The summed E-state index contributed by atoms with van der Waals surface area (Å²) in [4.78, 5) is 35.6. The van der Waals surface area contributed by atoms with E-state index in [0.717, 1.165) is 12.8 Å². The van der Waals surface area contributed by atoms with Gasteiger partial charge in [-0.2, -0.15) is 0 Å². The predicted octanol–water partition coefficient (Wildman–Crippen LogP) is 3.54. The first-order valence-corrected chi connectivity index (χ1v) is 9.08. The molecule has 0 radical (unpaired) electrons. The average Bonchev–Trinajstić information content (AvgIpc) is 2.63. The Morgan fingerprint density at radius 2 is 1.88 bits per heavy atom. The Balaban J connectivity index is 2.27. The maximum Gasteiger partial charge on any atom is 0.344 e. The van der Waals surface area contributed by atoms with Crippen LogP contribution in [0.1, 0.15) is 31.2 Å². The molecule has 1 aromatic rings. The maximum atomic E-state index is 12.5. The molecule has 2 rings (SSSR count). The number of methoxy groups -OCH3 is 1. The number of carbonyl (C=O) groups excluding carboxylic acids is 3. The van der Waals surface area contributed by atoms with Crippen molar-refractivity contribution in [1.82, 2.24) is 0 Å². The largest absolute Gasteiger partial charge is 0.465 e. The Hall–Kier alpha value is -2.12. The Morgan fingerprint density at radius 1 is 1.23 bits per heavy atom. The molecule has 0 atom stereocenters. The van der Waals surface area contributed by atoms with Gasteiger partial charge >= 0.3 is 5.97 Å². The summed E-state index contributed by atoms with van der Waals surface area (Å²) in [6.07, 6.45) is 4.20. The van der Waals surface area contributed by atoms with E-state index in [1.807, 2.05) is 0 Å². The lowest BCUT2D eigenvalue weighted by molar-refractivity contribution is -0.135. The van der Waals surface area contributed by atoms with Gasteiger partial charge in [-0.1, -0.05) is 11.6 Å². The minimum atomic E-state index is -0.559. The topological polar surface area (TPSA) is 98.5 Å². The van der Waals surface area contributed by atoms with Crippen molar-refractivity contribution in [3.8, 4) is 0 Å². The molecule has 0 heterocycles. The van der Waals surface area contributed by atoms with Gasteiger partial charge in [-0.25, -0.2) is 4.79 Å². The van der Waals surface area contributed by atoms with Crippen LogP contribution in [0.4, 0.5) is 5.69 Å². The third kappa shape index (κ3) is 4.95. The predicted molar refractivity (Wildman–Crippen MR) is 104 cm³/mol. The number of benzene rings is 1. The van der Waals surface area contributed by atoms with E-state index in [-0.39, 0.29) is 10.4 Å². The third-order valence-corrected chi connectivity index (χ3v) is 4.85. The quantitative estimate of drug-likeness (QED) is 0.539. The number of ether oxygens (including phenoxy) is 1. The molecule has 0 saturated heterocycles. The van der Waals surface area contributed by atoms with E-state index < -0.39 is 11.9 Å². The Bertz CT molecular complexity index is 817. The fourth-order valence-electron chi connectivity index (χ4n) is 2.66. The maximum absolute atomic E-state index is 12.5. The van der Waals surface area contributed by atoms with Crippen LogP contribution >= 0.6 is 27.5 Å². The van der Waals surface area contributed by atoms with Gasteiger partial charge < -0.3 is 15.8 Å². The second-order valence-corrected chi connectivity index (χ2v) is 6.96. The molecule has 0 unspecified atom stereocenters. The summed E-state index contributed by atoms with van der Waals surface area (Å²) in [6, 6.07) is 4.86. The number of nitrogens with one attached hydrogen (secondary N) is 1. The van der Waals surface area contributed by atoms with Gasteiger partial charge in [0.05, 0.1) is 7.11 Å². The molecule has 3 N–H and O–H groups in total. The molecule has 1 aliphatic rings. The van der Waals surface area contributed by atoms with Crippen molar-refractivity contribution in [3.63, 3.8) is 0 Å². The van der Waals surface area contributed by atoms with Crippen molar-refractivity contribution < 1.29 is 19.1 Å². The lowest BCUT2D eigenvalue weighted by Gasteiger charge is -2.18. The fraction of sp³-hybridized carbons (Fsp3) is 0.278. The van der Waals surface area contributed by atoms with Gasteiger partial charge in [-0.05, 0) is 71.5 Å². The highest BCUT2D eigenvalue weighted by Crippen LogP contribution is 2.28. The van der Waals surface area contributed by atoms with E-state index in [4.69, 9.17) is 17.3 Å². The summed E-state index contributed by atoms with van der Waals surface area (Å²) in [5.41, 5.74) is 7.19. The molecule has 0 aromatic heterocycles. The van der Waals surface area contributed by atoms with Gasteiger partial charge in [0.1, 0.15) is 4.48 Å². The number of hydrogen-bond acceptors (Lipinski definition) is 4. The number of hydrogen-bond donors (Lipinski definition) is 2. The van der Waals surface area contributed by atoms with Crippen LogP contribution in [-0.4, -0.2) is 24.9 Å². The lowest BCUT2D eigenvalue weighted by Crippen LogP contribution is -2.24. The molecular formula is C18H18BrClN2O4. The van der Waals surface area contributed by atoms with Crippen molar-refractivity contribution in [2.75, 3.05) is 12.4 Å². The molecule has 1 aliphatic carbocycles. The Kier molecular flexibility index (Phi) is 6.99. The SMILES string of the molecule is COC(=O)C(Br)=Cc1cc(NC(=O)C2=C(C(N)=O)CCCC2)ccc1Cl. The molecule has 6 nitrogen and oxygen atoms in total. The minimum absolute atomic E-state index is 0.191. The number of amides is 2. The Labute approximate surface area is 164 Å². The van der Waals surface area contributed by atoms with Crippen molar-refractivity contribution in [1.29, 1.82) is 0 Å². The van der Waals surface area contributed by atoms with Crippen LogP contribution in [0.5, 0.6) is 0 Å². The molecule has 1 aromatic carbocycles. The minimum Gasteiger partial charge on any atom is -0.465 e. The number of carbonyl (C=O) groups is 3. The molecule has 138 valence electrons. The third-order valence-electron chi connectivity index (χ3n) is 3.96. The lowest BCUT2D eigenvalue weighted by atomic mass is 9.90. The first-order valence-electron chi connectivity index (χ1n) is 7.91. The number of primary amides is 1. The van der Waals surface area contributed by atoms with Crippen LogP contribution in [0, 0.1) is 0 Å². The average molecular weight is 442 g/mol. The summed E-state index contributed by atoms with van der Waals surface area (Å²) >= 11 is 9.26. The van der Waals surface area contributed by atoms with Crippen LogP contribution < -0.4 is 11.1 Å². The zero-order valence-electron chi connectivity index (χ0n) is 14.1. The fourth-order valence-corrected chi connectivity index (χ4v) is 3.24. The summed E-state index contributed by atoms with van der Waals surface area (Å²) in [7, 11) is 1.27. The van der Waals surface area contributed by atoms with Gasteiger partial charge in [-0.15, -0.1) is 0 Å². The molecule has 0 saturated carbocycles. The number of anilines is 1. The number of esters is 1. The van der Waals surface area contributed by atoms with E-state index >= 15 is 0 Å². The monoisotopic (exact) mass is 440 g/mol. The van der Waals surface area contributed by atoms with Crippen LogP contribution in [-0.2, 0) is 19.1 Å². The molecular weight excluding hydrogens is 424 g/mol. The molecule has 0 bridgehead atoms. The van der Waals surface area contributed by atoms with E-state index in [1.165, 1.54) is 13.2 Å². The Morgan fingerprint density at radius 3 is 2.50 bits per heavy atom. The smallest absolute Gasteiger partial charge is 0.344 e. The van der Waals surface area contributed by atoms with Crippen LogP contribution in [0.15, 0.2) is 33.8 Å². The highest BCUT2D eigenvalue weighted by Gasteiger charge is 2.22. The van der Waals surface area contributed by atoms with Crippen molar-refractivity contribution in [2.45, 2.75) is 25.7 Å². The highest BCUT2D eigenvalue weighted by molar-refractivity contribution is 9.12. The zero-order chi connectivity index (χ0) is 19.3. The molecule has 2 amide bonds. The van der Waals surface area contributed by atoms with Crippen molar-refractivity contribution >= 4 is 57.1 Å². The van der Waals surface area contributed by atoms with Gasteiger partial charge in [0, 0.05) is 21.9 Å². The van der Waals surface area contributed by atoms with E-state index in [2.05, 4.69) is 26.0 Å². The zero-order valence-corrected chi connectivity index (χ0v) is 16.4. The van der Waals surface area contributed by atoms with Gasteiger partial charge in [0.2, 0.25) is 5.91 Å². The van der Waals surface area contributed by atoms with Crippen LogP contribution in [0.25, 0.3) is 6.08 Å². The second kappa shape index (κ2) is 9.00. The summed E-state index contributed by atoms with van der Waals surface area (Å²) < 4.78 is 4.81. The summed E-state index contributed by atoms with van der Waals surface area (Å²) in [5.74, 6) is -1.46. The summed E-state index contributed by atoms with van der Waals surface area (Å²) in [5, 5.41) is 3.16. The first kappa shape index (κ1) is 20.2. The van der Waals surface area contributed by atoms with Crippen LogP contribution in [0.2, 0.25) is 5.02 Å². The molecule has 0 fully saturated rings. The number of halogens is 2. The molecule has 0 aliphatic heterocycles. The highest BCUT2D eigenvalue weighted by atomic mass is 79.9. The second-order valence-electron chi connectivity index (χ2n) is 5.70. The van der Waals surface area contributed by atoms with E-state index in [9.17, 15) is 14.4 Å². The number of nitrogens with two attached hydrogens (primary N) is 1. The summed E-state index contributed by atoms with van der Waals surface area (Å²) in [6.45, 7) is 0. The molecule has 26 heavy (non-hydrogen) atoms. The van der Waals surface area contributed by atoms with Crippen molar-refractivity contribution in [3.05, 3.63) is 44.4 Å². The standard InChI is InChI=1S/C18H18BrClN2O4/c1-26-18(25)14(19)9-10-8-11(6-7-15(10)20)22-17(24)13-5-3-2-4-12(13)16(21)23/h6-9H,2-5H2,1H3,(H2,21,23)(H,22,24). The van der Waals surface area contributed by atoms with E-state index in [0.29, 0.717) is 40.3 Å². The normalized spacial score (nSPS) is 14.8. The van der Waals surface area contributed by atoms with Gasteiger partial charge in [0.15, 0.2) is 0 Å². The van der Waals surface area contributed by atoms with E-state index in [1.54, 1.807) is 18.2 Å². The number of rotatable bonds is 5. The molecule has 8 heteroatoms.